The molecule has 0 aliphatic carbocycles. The molecule has 0 saturated carbocycles. The Bertz CT molecular complexity index is 629. The van der Waals surface area contributed by atoms with E-state index in [1.54, 1.807) is 0 Å². The molecule has 1 aliphatic rings. The van der Waals surface area contributed by atoms with E-state index in [0.717, 1.165) is 32.1 Å². The minimum Gasteiger partial charge on any atom is -0.462 e. The quantitative estimate of drug-likeness (QED) is 0.107. The maximum Gasteiger partial charge on any atom is 0.306 e. The van der Waals surface area contributed by atoms with Gasteiger partial charge in [-0.15, -0.1) is 0 Å². The van der Waals surface area contributed by atoms with Crippen LogP contribution in [0.1, 0.15) is 117 Å². The Balaban J connectivity index is 2.40. The van der Waals surface area contributed by atoms with Crippen molar-refractivity contribution in [1.82, 2.24) is 0 Å². The van der Waals surface area contributed by atoms with Crippen LogP contribution in [0, 0.1) is 0 Å². The number of aliphatic hydroxyl groups is 4. The summed E-state index contributed by atoms with van der Waals surface area (Å²) >= 11 is 0. The lowest BCUT2D eigenvalue weighted by molar-refractivity contribution is -0.305. The molecule has 10 heteroatoms. The van der Waals surface area contributed by atoms with E-state index in [2.05, 4.69) is 6.92 Å². The molecule has 1 fully saturated rings. The van der Waals surface area contributed by atoms with Crippen LogP contribution in [0.4, 0.5) is 0 Å². The second kappa shape index (κ2) is 22.4. The standard InChI is InChI=1S/C29H54O10/c1-3-5-7-8-9-10-11-12-13-14-16-17-24(31)36-20-22(38-25(32)18-15-6-4-2)21-37-29-28(35)27(34)26(33)23(19-30)39-29/h22-23,26-30,33-35H,3-21H2,1-2H3/t22-,23-,26+,27+,28-,29-/m1/s1. The largest absolute Gasteiger partial charge is 0.462 e. The lowest BCUT2D eigenvalue weighted by Crippen LogP contribution is -2.59. The number of hydrogen-bond acceptors (Lipinski definition) is 10. The van der Waals surface area contributed by atoms with Crippen molar-refractivity contribution in [3.05, 3.63) is 0 Å². The smallest absolute Gasteiger partial charge is 0.306 e. The third-order valence-corrected chi connectivity index (χ3v) is 6.99. The Kier molecular flexibility index (Phi) is 20.5. The summed E-state index contributed by atoms with van der Waals surface area (Å²) in [5.74, 6) is -0.835. The number of unbranched alkanes of at least 4 members (excludes halogenated alkanes) is 12. The van der Waals surface area contributed by atoms with Crippen LogP contribution in [0.15, 0.2) is 0 Å². The van der Waals surface area contributed by atoms with Crippen molar-refractivity contribution in [2.75, 3.05) is 19.8 Å². The van der Waals surface area contributed by atoms with E-state index < -0.39 is 49.4 Å². The average molecular weight is 563 g/mol. The van der Waals surface area contributed by atoms with Gasteiger partial charge in [-0.2, -0.15) is 0 Å². The number of ether oxygens (including phenoxy) is 4. The molecule has 0 amide bonds. The molecule has 0 bridgehead atoms. The number of carbonyl (C=O) groups excluding carboxylic acids is 2. The van der Waals surface area contributed by atoms with Crippen molar-refractivity contribution >= 4 is 11.9 Å². The normalized spacial score (nSPS) is 23.9. The van der Waals surface area contributed by atoms with Crippen LogP contribution in [0.3, 0.4) is 0 Å². The number of carbonyl (C=O) groups is 2. The van der Waals surface area contributed by atoms with Crippen LogP contribution >= 0.6 is 0 Å². The van der Waals surface area contributed by atoms with Crippen LogP contribution in [-0.2, 0) is 28.5 Å². The Morgan fingerprint density at radius 1 is 0.692 bits per heavy atom. The molecule has 0 aromatic heterocycles. The Morgan fingerprint density at radius 3 is 1.79 bits per heavy atom. The van der Waals surface area contributed by atoms with Crippen molar-refractivity contribution in [2.24, 2.45) is 0 Å². The second-order valence-electron chi connectivity index (χ2n) is 10.6. The highest BCUT2D eigenvalue weighted by Gasteiger charge is 2.44. The van der Waals surface area contributed by atoms with E-state index in [9.17, 15) is 30.0 Å². The lowest BCUT2D eigenvalue weighted by atomic mass is 9.99. The Hall–Kier alpha value is -1.30. The predicted octanol–water partition coefficient (Wildman–Crippen LogP) is 3.54. The van der Waals surface area contributed by atoms with Gasteiger partial charge in [-0.1, -0.05) is 90.9 Å². The summed E-state index contributed by atoms with van der Waals surface area (Å²) in [4.78, 5) is 24.5. The molecule has 0 aromatic carbocycles. The van der Waals surface area contributed by atoms with E-state index >= 15 is 0 Å². The van der Waals surface area contributed by atoms with E-state index in [1.165, 1.54) is 51.4 Å². The van der Waals surface area contributed by atoms with Crippen LogP contribution in [0.5, 0.6) is 0 Å². The van der Waals surface area contributed by atoms with Gasteiger partial charge in [-0.05, 0) is 12.8 Å². The second-order valence-corrected chi connectivity index (χ2v) is 10.6. The summed E-state index contributed by atoms with van der Waals surface area (Å²) < 4.78 is 21.6. The molecule has 1 saturated heterocycles. The maximum atomic E-state index is 12.3. The number of aliphatic hydroxyl groups excluding tert-OH is 4. The van der Waals surface area contributed by atoms with Gasteiger partial charge in [0.05, 0.1) is 13.2 Å². The van der Waals surface area contributed by atoms with Gasteiger partial charge in [0, 0.05) is 12.8 Å². The number of esters is 2. The molecule has 1 rings (SSSR count). The van der Waals surface area contributed by atoms with Crippen molar-refractivity contribution in [3.63, 3.8) is 0 Å². The zero-order valence-electron chi connectivity index (χ0n) is 24.1. The van der Waals surface area contributed by atoms with Crippen LogP contribution in [-0.4, -0.2) is 89.0 Å². The third-order valence-electron chi connectivity index (χ3n) is 6.99. The molecule has 39 heavy (non-hydrogen) atoms. The first-order valence-corrected chi connectivity index (χ1v) is 15.1. The summed E-state index contributed by atoms with van der Waals surface area (Å²) in [7, 11) is 0. The van der Waals surface area contributed by atoms with E-state index in [4.69, 9.17) is 18.9 Å². The molecule has 0 aromatic rings. The Morgan fingerprint density at radius 2 is 1.21 bits per heavy atom. The molecule has 1 aliphatic heterocycles. The van der Waals surface area contributed by atoms with Gasteiger partial charge < -0.3 is 39.4 Å². The molecule has 0 radical (unpaired) electrons. The van der Waals surface area contributed by atoms with Crippen LogP contribution in [0.2, 0.25) is 0 Å². The third kappa shape index (κ3) is 15.9. The van der Waals surface area contributed by atoms with E-state index in [0.29, 0.717) is 6.42 Å². The topological polar surface area (TPSA) is 152 Å². The number of rotatable bonds is 23. The fourth-order valence-corrected chi connectivity index (χ4v) is 4.48. The average Bonchev–Trinajstić information content (AvgIpc) is 2.92. The fourth-order valence-electron chi connectivity index (χ4n) is 4.48. The summed E-state index contributed by atoms with van der Waals surface area (Å²) in [5.41, 5.74) is 0. The highest BCUT2D eigenvalue weighted by atomic mass is 16.7. The molecule has 10 nitrogen and oxygen atoms in total. The summed E-state index contributed by atoms with van der Waals surface area (Å²) in [6.07, 6.45) is 7.93. The molecule has 0 spiro atoms. The van der Waals surface area contributed by atoms with Gasteiger partial charge in [0.25, 0.3) is 0 Å². The molecular formula is C29H54O10. The van der Waals surface area contributed by atoms with Gasteiger partial charge in [0.15, 0.2) is 12.4 Å². The van der Waals surface area contributed by atoms with Crippen LogP contribution in [0.25, 0.3) is 0 Å². The minimum absolute atomic E-state index is 0.214. The zero-order valence-corrected chi connectivity index (χ0v) is 24.1. The van der Waals surface area contributed by atoms with Crippen molar-refractivity contribution in [1.29, 1.82) is 0 Å². The molecule has 4 N–H and O–H groups in total. The molecule has 6 atom stereocenters. The zero-order chi connectivity index (χ0) is 28.9. The molecule has 1 heterocycles. The molecule has 230 valence electrons. The lowest BCUT2D eigenvalue weighted by Gasteiger charge is -2.39. The Labute approximate surface area is 234 Å². The first-order chi connectivity index (χ1) is 18.8. The van der Waals surface area contributed by atoms with Gasteiger partial charge >= 0.3 is 11.9 Å². The van der Waals surface area contributed by atoms with Crippen molar-refractivity contribution in [2.45, 2.75) is 153 Å². The van der Waals surface area contributed by atoms with Crippen molar-refractivity contribution in [3.8, 4) is 0 Å². The van der Waals surface area contributed by atoms with Gasteiger partial charge in [0.2, 0.25) is 0 Å². The fraction of sp³-hybridized carbons (Fsp3) is 0.931. The highest BCUT2D eigenvalue weighted by Crippen LogP contribution is 2.22. The summed E-state index contributed by atoms with van der Waals surface area (Å²) in [5, 5.41) is 39.4. The first-order valence-electron chi connectivity index (χ1n) is 15.1. The van der Waals surface area contributed by atoms with Gasteiger partial charge in [0.1, 0.15) is 31.0 Å². The molecule has 0 unspecified atom stereocenters. The van der Waals surface area contributed by atoms with E-state index in [1.807, 2.05) is 6.92 Å². The van der Waals surface area contributed by atoms with Crippen molar-refractivity contribution < 1.29 is 49.0 Å². The van der Waals surface area contributed by atoms with E-state index in [-0.39, 0.29) is 32.0 Å². The first kappa shape index (κ1) is 35.7. The molecular weight excluding hydrogens is 508 g/mol. The summed E-state index contributed by atoms with van der Waals surface area (Å²) in [6.45, 7) is 3.18. The SMILES string of the molecule is CCCCCCCCCCCCCC(=O)OC[C@H](CO[C@@H]1O[C@H](CO)[C@H](O)[C@H](O)[C@H]1O)OC(=O)CCCCC. The monoisotopic (exact) mass is 562 g/mol. The van der Waals surface area contributed by atoms with Gasteiger partial charge in [-0.25, -0.2) is 0 Å². The van der Waals surface area contributed by atoms with Gasteiger partial charge in [-0.3, -0.25) is 9.59 Å². The maximum absolute atomic E-state index is 12.3. The summed E-state index contributed by atoms with van der Waals surface area (Å²) in [6, 6.07) is 0. The highest BCUT2D eigenvalue weighted by molar-refractivity contribution is 5.70. The minimum atomic E-state index is -1.58. The van der Waals surface area contributed by atoms with Crippen LogP contribution < -0.4 is 0 Å². The predicted molar refractivity (Wildman–Crippen MR) is 146 cm³/mol. The number of hydrogen-bond donors (Lipinski definition) is 4.